The third-order valence-corrected chi connectivity index (χ3v) is 2.77. The largest absolute Gasteiger partial charge is 0.449 e. The molecule has 1 rings (SSSR count). The van der Waals surface area contributed by atoms with Gasteiger partial charge in [0.15, 0.2) is 0 Å². The highest BCUT2D eigenvalue weighted by Crippen LogP contribution is 2.12. The van der Waals surface area contributed by atoms with Gasteiger partial charge >= 0.3 is 10.4 Å². The summed E-state index contributed by atoms with van der Waals surface area (Å²) < 4.78 is 32.1. The number of hydrogen-bond acceptors (Lipinski definition) is 4. The number of hydrogen-bond donors (Lipinski definition) is 0. The lowest BCUT2D eigenvalue weighted by atomic mass is 10.3. The second-order valence-corrected chi connectivity index (χ2v) is 4.55. The van der Waals surface area contributed by atoms with E-state index in [-0.39, 0.29) is 12.4 Å². The van der Waals surface area contributed by atoms with Gasteiger partial charge in [-0.1, -0.05) is 38.0 Å². The zero-order valence-corrected chi connectivity index (χ0v) is 10.1. The van der Waals surface area contributed by atoms with E-state index in [1.165, 1.54) is 0 Å². The van der Waals surface area contributed by atoms with E-state index in [0.717, 1.165) is 12.8 Å². The fourth-order valence-corrected chi connectivity index (χ4v) is 1.85. The fraction of sp³-hybridized carbons (Fsp3) is 0.455. The molecule has 1 aromatic carbocycles. The Balaban J connectivity index is 2.40. The van der Waals surface area contributed by atoms with E-state index in [1.54, 1.807) is 30.3 Å². The molecular weight excluding hydrogens is 228 g/mol. The van der Waals surface area contributed by atoms with Crippen molar-refractivity contribution in [2.75, 3.05) is 6.61 Å². The van der Waals surface area contributed by atoms with Gasteiger partial charge in [0.05, 0.1) is 6.61 Å². The maximum absolute atomic E-state index is 11.3. The second-order valence-electron chi connectivity index (χ2n) is 3.33. The minimum Gasteiger partial charge on any atom is -0.362 e. The summed E-state index contributed by atoms with van der Waals surface area (Å²) >= 11 is 0. The van der Waals surface area contributed by atoms with Crippen LogP contribution in [0.4, 0.5) is 0 Å². The molecule has 0 amide bonds. The Bertz CT molecular complexity index is 386. The maximum Gasteiger partial charge on any atom is 0.449 e. The van der Waals surface area contributed by atoms with Crippen molar-refractivity contribution in [1.82, 2.24) is 0 Å². The van der Waals surface area contributed by atoms with Gasteiger partial charge in [-0.15, -0.1) is 0 Å². The number of para-hydroxylation sites is 1. The molecule has 90 valence electrons. The summed E-state index contributed by atoms with van der Waals surface area (Å²) in [6.45, 7) is 2.21. The minimum atomic E-state index is -3.92. The second kappa shape index (κ2) is 6.50. The lowest BCUT2D eigenvalue weighted by molar-refractivity contribution is 0.267. The Morgan fingerprint density at radius 1 is 1.12 bits per heavy atom. The predicted molar refractivity (Wildman–Crippen MR) is 61.5 cm³/mol. The third-order valence-electron chi connectivity index (χ3n) is 1.92. The van der Waals surface area contributed by atoms with Gasteiger partial charge in [0.1, 0.15) is 5.75 Å². The van der Waals surface area contributed by atoms with Crippen molar-refractivity contribution in [3.05, 3.63) is 30.3 Å². The van der Waals surface area contributed by atoms with Gasteiger partial charge < -0.3 is 4.18 Å². The highest BCUT2D eigenvalue weighted by molar-refractivity contribution is 7.82. The topological polar surface area (TPSA) is 52.6 Å². The fourth-order valence-electron chi connectivity index (χ4n) is 1.13. The van der Waals surface area contributed by atoms with Crippen LogP contribution >= 0.6 is 0 Å². The van der Waals surface area contributed by atoms with E-state index < -0.39 is 10.4 Å². The number of rotatable bonds is 7. The normalized spacial score (nSPS) is 11.3. The molecule has 0 spiro atoms. The first-order chi connectivity index (χ1) is 7.64. The smallest absolute Gasteiger partial charge is 0.362 e. The highest BCUT2D eigenvalue weighted by atomic mass is 32.3. The van der Waals surface area contributed by atoms with Gasteiger partial charge in [0.25, 0.3) is 0 Å². The first-order valence-electron chi connectivity index (χ1n) is 5.28. The van der Waals surface area contributed by atoms with Crippen LogP contribution in [-0.4, -0.2) is 15.0 Å². The molecule has 0 saturated carbocycles. The zero-order valence-electron chi connectivity index (χ0n) is 9.26. The van der Waals surface area contributed by atoms with E-state index >= 15 is 0 Å². The van der Waals surface area contributed by atoms with Crippen molar-refractivity contribution in [2.45, 2.75) is 26.2 Å². The first kappa shape index (κ1) is 13.0. The van der Waals surface area contributed by atoms with Gasteiger partial charge in [-0.05, 0) is 18.6 Å². The molecule has 0 aliphatic heterocycles. The molecule has 16 heavy (non-hydrogen) atoms. The van der Waals surface area contributed by atoms with Crippen molar-refractivity contribution in [2.24, 2.45) is 0 Å². The average molecular weight is 244 g/mol. The molecule has 0 aliphatic rings. The molecule has 5 heteroatoms. The van der Waals surface area contributed by atoms with Crippen LogP contribution in [0.1, 0.15) is 26.2 Å². The number of unbranched alkanes of at least 4 members (excludes halogenated alkanes) is 2. The Morgan fingerprint density at radius 2 is 1.81 bits per heavy atom. The molecule has 0 fully saturated rings. The Hall–Kier alpha value is -1.07. The first-order valence-corrected chi connectivity index (χ1v) is 6.61. The molecule has 0 aliphatic carbocycles. The minimum absolute atomic E-state index is 0.170. The van der Waals surface area contributed by atoms with Crippen molar-refractivity contribution in [3.8, 4) is 5.75 Å². The molecule has 0 N–H and O–H groups in total. The summed E-state index contributed by atoms with van der Waals surface area (Å²) in [6, 6.07) is 8.30. The van der Waals surface area contributed by atoms with Crippen molar-refractivity contribution in [3.63, 3.8) is 0 Å². The molecular formula is C11H16O4S. The van der Waals surface area contributed by atoms with E-state index in [0.29, 0.717) is 6.42 Å². The molecule has 0 aromatic heterocycles. The Morgan fingerprint density at radius 3 is 2.44 bits per heavy atom. The Kier molecular flexibility index (Phi) is 5.28. The predicted octanol–water partition coefficient (Wildman–Crippen LogP) is 2.52. The molecule has 0 radical (unpaired) electrons. The van der Waals surface area contributed by atoms with Crippen molar-refractivity contribution >= 4 is 10.4 Å². The quantitative estimate of drug-likeness (QED) is 0.691. The van der Waals surface area contributed by atoms with E-state index in [2.05, 4.69) is 4.18 Å². The molecule has 4 nitrogen and oxygen atoms in total. The zero-order chi connectivity index (χ0) is 11.9. The van der Waals surface area contributed by atoms with Gasteiger partial charge in [0.2, 0.25) is 0 Å². The van der Waals surface area contributed by atoms with Crippen LogP contribution in [0.15, 0.2) is 30.3 Å². The lowest BCUT2D eigenvalue weighted by Crippen LogP contribution is -2.14. The van der Waals surface area contributed by atoms with Crippen LogP contribution in [0, 0.1) is 0 Å². The van der Waals surface area contributed by atoms with Crippen LogP contribution in [0.5, 0.6) is 5.75 Å². The molecule has 0 bridgehead atoms. The summed E-state index contributed by atoms with van der Waals surface area (Å²) in [5.41, 5.74) is 0. The van der Waals surface area contributed by atoms with Crippen LogP contribution in [-0.2, 0) is 14.6 Å². The summed E-state index contributed by atoms with van der Waals surface area (Å²) in [5, 5.41) is 0. The summed E-state index contributed by atoms with van der Waals surface area (Å²) in [6.07, 6.45) is 2.68. The SMILES string of the molecule is CCCCCOS(=O)(=O)Oc1ccccc1. The Labute approximate surface area is 96.5 Å². The van der Waals surface area contributed by atoms with Crippen LogP contribution in [0.2, 0.25) is 0 Å². The third kappa shape index (κ3) is 5.14. The van der Waals surface area contributed by atoms with Crippen LogP contribution in [0.25, 0.3) is 0 Å². The van der Waals surface area contributed by atoms with Crippen molar-refractivity contribution in [1.29, 1.82) is 0 Å². The van der Waals surface area contributed by atoms with E-state index in [1.807, 2.05) is 6.92 Å². The molecule has 0 unspecified atom stereocenters. The number of benzene rings is 1. The maximum atomic E-state index is 11.3. The van der Waals surface area contributed by atoms with Crippen LogP contribution in [0.3, 0.4) is 0 Å². The van der Waals surface area contributed by atoms with Crippen LogP contribution < -0.4 is 4.18 Å². The highest BCUT2D eigenvalue weighted by Gasteiger charge is 2.12. The molecule has 0 heterocycles. The lowest BCUT2D eigenvalue weighted by Gasteiger charge is -2.06. The molecule has 1 aromatic rings. The van der Waals surface area contributed by atoms with E-state index in [4.69, 9.17) is 4.18 Å². The van der Waals surface area contributed by atoms with Gasteiger partial charge in [-0.3, -0.25) is 0 Å². The van der Waals surface area contributed by atoms with E-state index in [9.17, 15) is 8.42 Å². The van der Waals surface area contributed by atoms with Gasteiger partial charge in [0, 0.05) is 0 Å². The monoisotopic (exact) mass is 244 g/mol. The summed E-state index contributed by atoms with van der Waals surface area (Å²) in [4.78, 5) is 0. The standard InChI is InChI=1S/C11H16O4S/c1-2-3-7-10-14-16(12,13)15-11-8-5-4-6-9-11/h4-6,8-9H,2-3,7,10H2,1H3. The average Bonchev–Trinajstić information content (AvgIpc) is 2.25. The van der Waals surface area contributed by atoms with Crippen molar-refractivity contribution < 1.29 is 16.8 Å². The van der Waals surface area contributed by atoms with Gasteiger partial charge in [-0.25, -0.2) is 4.18 Å². The van der Waals surface area contributed by atoms with Gasteiger partial charge in [-0.2, -0.15) is 8.42 Å². The molecule has 0 saturated heterocycles. The molecule has 0 atom stereocenters. The summed E-state index contributed by atoms with van der Waals surface area (Å²) in [5.74, 6) is 0.262. The summed E-state index contributed by atoms with van der Waals surface area (Å²) in [7, 11) is -3.92.